The molecule has 0 saturated heterocycles. The minimum Gasteiger partial charge on any atom is -0.465 e. The van der Waals surface area contributed by atoms with E-state index in [1.54, 1.807) is 24.3 Å². The van der Waals surface area contributed by atoms with Crippen molar-refractivity contribution in [1.29, 1.82) is 0 Å². The summed E-state index contributed by atoms with van der Waals surface area (Å²) in [5.74, 6) is -2.42. The van der Waals surface area contributed by atoms with Crippen LogP contribution in [0.1, 0.15) is 26.3 Å². The van der Waals surface area contributed by atoms with Gasteiger partial charge in [0.05, 0.1) is 18.2 Å². The van der Waals surface area contributed by atoms with Gasteiger partial charge in [-0.15, -0.1) is 0 Å². The van der Waals surface area contributed by atoms with E-state index >= 15 is 0 Å². The monoisotopic (exact) mass is 364 g/mol. The number of hydrogen-bond donors (Lipinski definition) is 0. The van der Waals surface area contributed by atoms with Gasteiger partial charge in [0.2, 0.25) is 0 Å². The van der Waals surface area contributed by atoms with Crippen LogP contribution in [0.2, 0.25) is 0 Å². The Morgan fingerprint density at radius 1 is 0.778 bits per heavy atom. The van der Waals surface area contributed by atoms with Crippen LogP contribution < -0.4 is 4.74 Å². The van der Waals surface area contributed by atoms with Crippen LogP contribution in [0.4, 0.5) is 4.39 Å². The molecule has 0 aliphatic heterocycles. The second kappa shape index (κ2) is 7.83. The first-order chi connectivity index (χ1) is 13.0. The largest absolute Gasteiger partial charge is 0.465 e. The van der Waals surface area contributed by atoms with Gasteiger partial charge in [-0.2, -0.15) is 0 Å². The normalized spacial score (nSPS) is 10.3. The zero-order chi connectivity index (χ0) is 19.4. The highest BCUT2D eigenvalue weighted by Crippen LogP contribution is 2.23. The number of halogens is 1. The first-order valence-electron chi connectivity index (χ1n) is 8.25. The van der Waals surface area contributed by atoms with Gasteiger partial charge in [-0.25, -0.2) is 14.0 Å². The molecule has 3 aromatic carbocycles. The van der Waals surface area contributed by atoms with Crippen molar-refractivity contribution < 1.29 is 23.5 Å². The number of ether oxygens (including phenoxy) is 2. The molecule has 0 aliphatic carbocycles. The maximum Gasteiger partial charge on any atom is 0.343 e. The van der Waals surface area contributed by atoms with Gasteiger partial charge in [-0.05, 0) is 48.4 Å². The summed E-state index contributed by atoms with van der Waals surface area (Å²) in [6.45, 7) is 2.01. The molecule has 5 heteroatoms. The highest BCUT2D eigenvalue weighted by molar-refractivity contribution is 5.92. The number of methoxy groups -OCH3 is 1. The molecule has 0 bridgehead atoms. The van der Waals surface area contributed by atoms with Crippen molar-refractivity contribution in [1.82, 2.24) is 0 Å². The molecule has 0 spiro atoms. The van der Waals surface area contributed by atoms with E-state index in [2.05, 4.69) is 4.74 Å². The van der Waals surface area contributed by atoms with Crippen molar-refractivity contribution in [3.63, 3.8) is 0 Å². The smallest absolute Gasteiger partial charge is 0.343 e. The Morgan fingerprint density at radius 3 is 1.89 bits per heavy atom. The Hall–Kier alpha value is -3.47. The maximum absolute atomic E-state index is 14.1. The fraction of sp³-hybridized carbons (Fsp3) is 0.0909. The van der Waals surface area contributed by atoms with Gasteiger partial charge < -0.3 is 9.47 Å². The van der Waals surface area contributed by atoms with Gasteiger partial charge in [0, 0.05) is 0 Å². The molecule has 3 aromatic rings. The molecule has 0 saturated carbocycles. The molecule has 0 unspecified atom stereocenters. The average Bonchev–Trinajstić information content (AvgIpc) is 2.69. The van der Waals surface area contributed by atoms with Gasteiger partial charge >= 0.3 is 11.9 Å². The molecule has 0 aliphatic rings. The average molecular weight is 364 g/mol. The van der Waals surface area contributed by atoms with Crippen LogP contribution >= 0.6 is 0 Å². The summed E-state index contributed by atoms with van der Waals surface area (Å²) < 4.78 is 23.7. The lowest BCUT2D eigenvalue weighted by Crippen LogP contribution is -2.10. The molecule has 0 amide bonds. The second-order valence-corrected chi connectivity index (χ2v) is 5.97. The van der Waals surface area contributed by atoms with Gasteiger partial charge in [0.1, 0.15) is 0 Å². The fourth-order valence-corrected chi connectivity index (χ4v) is 2.53. The van der Waals surface area contributed by atoms with Crippen molar-refractivity contribution in [2.24, 2.45) is 0 Å². The summed E-state index contributed by atoms with van der Waals surface area (Å²) in [6, 6.07) is 18.4. The summed E-state index contributed by atoms with van der Waals surface area (Å²) >= 11 is 0. The molecule has 0 radical (unpaired) electrons. The minimum atomic E-state index is -0.817. The summed E-state index contributed by atoms with van der Waals surface area (Å²) in [6.07, 6.45) is 0. The Kier molecular flexibility index (Phi) is 5.31. The van der Waals surface area contributed by atoms with Crippen LogP contribution in [0.5, 0.6) is 5.75 Å². The number of rotatable bonds is 4. The van der Waals surface area contributed by atoms with E-state index < -0.39 is 17.8 Å². The van der Waals surface area contributed by atoms with Gasteiger partial charge in [0.15, 0.2) is 11.6 Å². The molecule has 27 heavy (non-hydrogen) atoms. The predicted octanol–water partition coefficient (Wildman–Crippen LogP) is 4.81. The Bertz CT molecular complexity index is 976. The van der Waals surface area contributed by atoms with E-state index in [-0.39, 0.29) is 11.3 Å². The maximum atomic E-state index is 14.1. The van der Waals surface area contributed by atoms with Crippen LogP contribution in [0.3, 0.4) is 0 Å². The zero-order valence-electron chi connectivity index (χ0n) is 14.9. The molecule has 3 rings (SSSR count). The first-order valence-corrected chi connectivity index (χ1v) is 8.25. The van der Waals surface area contributed by atoms with Crippen molar-refractivity contribution >= 4 is 11.9 Å². The third-order valence-electron chi connectivity index (χ3n) is 4.06. The van der Waals surface area contributed by atoms with Crippen LogP contribution in [0, 0.1) is 12.7 Å². The Labute approximate surface area is 156 Å². The van der Waals surface area contributed by atoms with Crippen LogP contribution in [-0.4, -0.2) is 19.0 Å². The molecule has 4 nitrogen and oxygen atoms in total. The molecule has 136 valence electrons. The highest BCUT2D eigenvalue weighted by atomic mass is 19.1. The van der Waals surface area contributed by atoms with Crippen molar-refractivity contribution in [2.75, 3.05) is 7.11 Å². The lowest BCUT2D eigenvalue weighted by atomic mass is 10.0. The predicted molar refractivity (Wildman–Crippen MR) is 99.3 cm³/mol. The zero-order valence-corrected chi connectivity index (χ0v) is 14.9. The third kappa shape index (κ3) is 4.20. The number of benzene rings is 3. The lowest BCUT2D eigenvalue weighted by Gasteiger charge is -2.08. The highest BCUT2D eigenvalue weighted by Gasteiger charge is 2.15. The van der Waals surface area contributed by atoms with E-state index in [4.69, 9.17) is 4.74 Å². The van der Waals surface area contributed by atoms with Gasteiger partial charge in [-0.1, -0.05) is 42.0 Å². The summed E-state index contributed by atoms with van der Waals surface area (Å²) in [7, 11) is 1.20. The molecule has 0 N–H and O–H groups in total. The third-order valence-corrected chi connectivity index (χ3v) is 4.06. The summed E-state index contributed by atoms with van der Waals surface area (Å²) in [5, 5.41) is 0. The van der Waals surface area contributed by atoms with Crippen LogP contribution in [0.25, 0.3) is 11.1 Å². The quantitative estimate of drug-likeness (QED) is 0.493. The molecule has 0 heterocycles. The van der Waals surface area contributed by atoms with Gasteiger partial charge in [0.25, 0.3) is 0 Å². The number of aryl methyl sites for hydroxylation is 1. The number of esters is 2. The first kappa shape index (κ1) is 18.3. The number of hydrogen-bond acceptors (Lipinski definition) is 4. The SMILES string of the molecule is COC(=O)c1ccc(OC(=O)c2ccc(-c3ccc(C)cc3)cc2)c(F)c1. The van der Waals surface area contributed by atoms with Crippen LogP contribution in [-0.2, 0) is 4.74 Å². The Balaban J connectivity index is 1.74. The van der Waals surface area contributed by atoms with Crippen molar-refractivity contribution in [3.8, 4) is 16.9 Å². The molecular weight excluding hydrogens is 347 g/mol. The fourth-order valence-electron chi connectivity index (χ4n) is 2.53. The van der Waals surface area contributed by atoms with E-state index in [1.807, 2.05) is 31.2 Å². The van der Waals surface area contributed by atoms with E-state index in [0.29, 0.717) is 5.56 Å². The molecule has 0 fully saturated rings. The van der Waals surface area contributed by atoms with E-state index in [0.717, 1.165) is 17.2 Å². The Morgan fingerprint density at radius 2 is 1.33 bits per heavy atom. The molecular formula is C22H17FO4. The van der Waals surface area contributed by atoms with Crippen molar-refractivity contribution in [3.05, 3.63) is 89.2 Å². The lowest BCUT2D eigenvalue weighted by molar-refractivity contribution is 0.0600. The van der Waals surface area contributed by atoms with E-state index in [9.17, 15) is 14.0 Å². The molecule has 0 atom stereocenters. The van der Waals surface area contributed by atoms with E-state index in [1.165, 1.54) is 24.8 Å². The number of carbonyl (C=O) groups is 2. The summed E-state index contributed by atoms with van der Waals surface area (Å²) in [4.78, 5) is 23.6. The van der Waals surface area contributed by atoms with Gasteiger partial charge in [-0.3, -0.25) is 0 Å². The topological polar surface area (TPSA) is 52.6 Å². The van der Waals surface area contributed by atoms with Crippen molar-refractivity contribution in [2.45, 2.75) is 6.92 Å². The molecule has 0 aromatic heterocycles. The second-order valence-electron chi connectivity index (χ2n) is 5.97. The number of carbonyl (C=O) groups excluding carboxylic acids is 2. The summed E-state index contributed by atoms with van der Waals surface area (Å²) in [5.41, 5.74) is 3.49. The standard InChI is InChI=1S/C22H17FO4/c1-14-3-5-15(6-4-14)16-7-9-17(10-8-16)22(25)27-20-12-11-18(13-19(20)23)21(24)26-2/h3-13H,1-2H3. The van der Waals surface area contributed by atoms with Crippen LogP contribution in [0.15, 0.2) is 66.7 Å². The minimum absolute atomic E-state index is 0.0391.